The molecule has 0 aliphatic carbocycles. The molecule has 0 atom stereocenters. The Labute approximate surface area is 197 Å². The van der Waals surface area contributed by atoms with Crippen molar-refractivity contribution in [3.05, 3.63) is 85.6 Å². The molecule has 3 rings (SSSR count). The van der Waals surface area contributed by atoms with Gasteiger partial charge in [-0.15, -0.1) is 0 Å². The molecule has 0 unspecified atom stereocenters. The standard InChI is InChI=1S/C23H25Cl3N4O/c1-3-9-28-23(31)17-6-4-5-16(10-17)12-27-13-20-15(2)29-30(22(20)26)14-18-7-8-19(24)11-21(18)25/h4-8,10-11,27H,3,9,12-14H2,1-2H3,(H,28,31). The second-order valence-electron chi connectivity index (χ2n) is 7.31. The summed E-state index contributed by atoms with van der Waals surface area (Å²) in [5.74, 6) is -0.0512. The second kappa shape index (κ2) is 11.0. The average molecular weight is 480 g/mol. The second-order valence-corrected chi connectivity index (χ2v) is 8.51. The first kappa shape index (κ1) is 23.6. The lowest BCUT2D eigenvalue weighted by molar-refractivity contribution is 0.0953. The number of halogens is 3. The summed E-state index contributed by atoms with van der Waals surface area (Å²) in [7, 11) is 0. The monoisotopic (exact) mass is 478 g/mol. The molecule has 164 valence electrons. The molecular weight excluding hydrogens is 455 g/mol. The molecule has 0 fully saturated rings. The quantitative estimate of drug-likeness (QED) is 0.418. The van der Waals surface area contributed by atoms with Gasteiger partial charge in [0.1, 0.15) is 5.15 Å². The fourth-order valence-electron chi connectivity index (χ4n) is 3.20. The van der Waals surface area contributed by atoms with Crippen LogP contribution in [0.3, 0.4) is 0 Å². The van der Waals surface area contributed by atoms with Crippen LogP contribution in [0.2, 0.25) is 15.2 Å². The Balaban J connectivity index is 1.63. The van der Waals surface area contributed by atoms with E-state index in [9.17, 15) is 4.79 Å². The summed E-state index contributed by atoms with van der Waals surface area (Å²) in [6, 6.07) is 13.0. The lowest BCUT2D eigenvalue weighted by Gasteiger charge is -2.09. The minimum Gasteiger partial charge on any atom is -0.352 e. The first-order chi connectivity index (χ1) is 14.9. The number of benzene rings is 2. The number of nitrogens with one attached hydrogen (secondary N) is 2. The molecule has 0 saturated carbocycles. The number of amides is 1. The van der Waals surface area contributed by atoms with Crippen molar-refractivity contribution in [2.45, 2.75) is 39.9 Å². The fraction of sp³-hybridized carbons (Fsp3) is 0.304. The summed E-state index contributed by atoms with van der Waals surface area (Å²) in [5.41, 5.74) is 4.37. The van der Waals surface area contributed by atoms with Gasteiger partial charge in [0.15, 0.2) is 0 Å². The van der Waals surface area contributed by atoms with E-state index in [2.05, 4.69) is 15.7 Å². The van der Waals surface area contributed by atoms with E-state index in [-0.39, 0.29) is 5.91 Å². The zero-order valence-corrected chi connectivity index (χ0v) is 19.8. The summed E-state index contributed by atoms with van der Waals surface area (Å²) in [6.45, 7) is 6.26. The Morgan fingerprint density at radius 1 is 1.10 bits per heavy atom. The van der Waals surface area contributed by atoms with Gasteiger partial charge in [0.2, 0.25) is 0 Å². The highest BCUT2D eigenvalue weighted by molar-refractivity contribution is 6.35. The SMILES string of the molecule is CCCNC(=O)c1cccc(CNCc2c(C)nn(Cc3ccc(Cl)cc3Cl)c2Cl)c1. The van der Waals surface area contributed by atoms with Gasteiger partial charge in [-0.25, -0.2) is 4.68 Å². The maximum Gasteiger partial charge on any atom is 0.251 e. The number of carbonyl (C=O) groups is 1. The third-order valence-corrected chi connectivity index (χ3v) is 5.88. The summed E-state index contributed by atoms with van der Waals surface area (Å²) < 4.78 is 1.74. The summed E-state index contributed by atoms with van der Waals surface area (Å²) in [4.78, 5) is 12.2. The van der Waals surface area contributed by atoms with Crippen molar-refractivity contribution in [1.29, 1.82) is 0 Å². The smallest absolute Gasteiger partial charge is 0.251 e. The highest BCUT2D eigenvalue weighted by Gasteiger charge is 2.15. The van der Waals surface area contributed by atoms with Crippen LogP contribution in [-0.2, 0) is 19.6 Å². The minimum absolute atomic E-state index is 0.0512. The van der Waals surface area contributed by atoms with Gasteiger partial charge >= 0.3 is 0 Å². The van der Waals surface area contributed by atoms with E-state index in [1.807, 2.05) is 44.2 Å². The van der Waals surface area contributed by atoms with Crippen LogP contribution >= 0.6 is 34.8 Å². The van der Waals surface area contributed by atoms with E-state index in [1.54, 1.807) is 16.8 Å². The van der Waals surface area contributed by atoms with Gasteiger partial charge in [-0.2, -0.15) is 5.10 Å². The Bertz CT molecular complexity index is 1060. The molecule has 2 aromatic carbocycles. The molecule has 5 nitrogen and oxygen atoms in total. The van der Waals surface area contributed by atoms with Crippen LogP contribution in [-0.4, -0.2) is 22.2 Å². The highest BCUT2D eigenvalue weighted by atomic mass is 35.5. The molecule has 0 bridgehead atoms. The van der Waals surface area contributed by atoms with Crippen molar-refractivity contribution >= 4 is 40.7 Å². The van der Waals surface area contributed by atoms with Gasteiger partial charge < -0.3 is 10.6 Å². The molecule has 8 heteroatoms. The molecule has 0 saturated heterocycles. The summed E-state index contributed by atoms with van der Waals surface area (Å²) in [5, 5.41) is 12.6. The Hall–Kier alpha value is -2.05. The van der Waals surface area contributed by atoms with Crippen molar-refractivity contribution in [2.75, 3.05) is 6.54 Å². The normalized spacial score (nSPS) is 11.0. The van der Waals surface area contributed by atoms with Gasteiger partial charge in [-0.1, -0.05) is 59.9 Å². The Morgan fingerprint density at radius 3 is 2.65 bits per heavy atom. The number of aryl methyl sites for hydroxylation is 1. The van der Waals surface area contributed by atoms with Crippen LogP contribution in [0.1, 0.15) is 46.1 Å². The van der Waals surface area contributed by atoms with Crippen molar-refractivity contribution in [3.63, 3.8) is 0 Å². The maximum absolute atomic E-state index is 12.2. The molecule has 1 heterocycles. The van der Waals surface area contributed by atoms with E-state index in [0.717, 1.165) is 28.8 Å². The number of hydrogen-bond donors (Lipinski definition) is 2. The topological polar surface area (TPSA) is 59.0 Å². The van der Waals surface area contributed by atoms with Crippen LogP contribution in [0.15, 0.2) is 42.5 Å². The first-order valence-corrected chi connectivity index (χ1v) is 11.3. The van der Waals surface area contributed by atoms with Gasteiger partial charge in [-0.3, -0.25) is 4.79 Å². The third-order valence-electron chi connectivity index (χ3n) is 4.87. The molecule has 1 amide bonds. The van der Waals surface area contributed by atoms with Crippen molar-refractivity contribution < 1.29 is 4.79 Å². The summed E-state index contributed by atoms with van der Waals surface area (Å²) >= 11 is 18.9. The van der Waals surface area contributed by atoms with Crippen LogP contribution in [0.4, 0.5) is 0 Å². The zero-order chi connectivity index (χ0) is 22.4. The lowest BCUT2D eigenvalue weighted by atomic mass is 10.1. The van der Waals surface area contributed by atoms with E-state index >= 15 is 0 Å². The zero-order valence-electron chi connectivity index (χ0n) is 17.5. The number of carbonyl (C=O) groups excluding carboxylic acids is 1. The average Bonchev–Trinajstić information content (AvgIpc) is 3.01. The molecule has 0 aliphatic heterocycles. The van der Waals surface area contributed by atoms with E-state index in [1.165, 1.54) is 0 Å². The van der Waals surface area contributed by atoms with Gasteiger partial charge in [0.05, 0.1) is 12.2 Å². The Kier molecular flexibility index (Phi) is 8.38. The van der Waals surface area contributed by atoms with Gasteiger partial charge in [0, 0.05) is 40.8 Å². The molecule has 0 spiro atoms. The van der Waals surface area contributed by atoms with Crippen LogP contribution in [0.5, 0.6) is 0 Å². The van der Waals surface area contributed by atoms with Crippen LogP contribution in [0.25, 0.3) is 0 Å². The van der Waals surface area contributed by atoms with Gasteiger partial charge in [0.25, 0.3) is 5.91 Å². The van der Waals surface area contributed by atoms with Crippen LogP contribution < -0.4 is 10.6 Å². The third kappa shape index (κ3) is 6.23. The first-order valence-electron chi connectivity index (χ1n) is 10.1. The van der Waals surface area contributed by atoms with E-state index in [4.69, 9.17) is 34.8 Å². The molecule has 31 heavy (non-hydrogen) atoms. The van der Waals surface area contributed by atoms with Gasteiger partial charge in [-0.05, 0) is 48.7 Å². The molecule has 2 N–H and O–H groups in total. The lowest BCUT2D eigenvalue weighted by Crippen LogP contribution is -2.24. The number of nitrogens with zero attached hydrogens (tertiary/aromatic N) is 2. The number of rotatable bonds is 9. The van der Waals surface area contributed by atoms with Crippen LogP contribution in [0, 0.1) is 6.92 Å². The van der Waals surface area contributed by atoms with E-state index < -0.39 is 0 Å². The van der Waals surface area contributed by atoms with Crippen molar-refractivity contribution in [1.82, 2.24) is 20.4 Å². The Morgan fingerprint density at radius 2 is 1.90 bits per heavy atom. The predicted molar refractivity (Wildman–Crippen MR) is 127 cm³/mol. The maximum atomic E-state index is 12.2. The number of hydrogen-bond acceptors (Lipinski definition) is 3. The fourth-order valence-corrected chi connectivity index (χ4v) is 3.97. The molecule has 1 aromatic heterocycles. The minimum atomic E-state index is -0.0512. The number of aromatic nitrogens is 2. The summed E-state index contributed by atoms with van der Waals surface area (Å²) in [6.07, 6.45) is 0.908. The van der Waals surface area contributed by atoms with Crippen molar-refractivity contribution in [2.24, 2.45) is 0 Å². The molecule has 0 aliphatic rings. The molecular formula is C23H25Cl3N4O. The van der Waals surface area contributed by atoms with Crippen molar-refractivity contribution in [3.8, 4) is 0 Å². The molecule has 0 radical (unpaired) electrons. The molecule has 3 aromatic rings. The predicted octanol–water partition coefficient (Wildman–Crippen LogP) is 5.63. The largest absolute Gasteiger partial charge is 0.352 e. The van der Waals surface area contributed by atoms with E-state index in [0.29, 0.717) is 46.9 Å². The highest BCUT2D eigenvalue weighted by Crippen LogP contribution is 2.25.